The van der Waals surface area contributed by atoms with Crippen molar-refractivity contribution in [2.75, 3.05) is 54.0 Å². The molecule has 5 heteroatoms. The highest BCUT2D eigenvalue weighted by Gasteiger charge is 2.22. The Labute approximate surface area is 170 Å². The Kier molecular flexibility index (Phi) is 6.76. The van der Waals surface area contributed by atoms with E-state index >= 15 is 0 Å². The smallest absolute Gasteiger partial charge is 0.227 e. The van der Waals surface area contributed by atoms with Gasteiger partial charge in [0.2, 0.25) is 5.95 Å². The average Bonchev–Trinajstić information content (AvgIpc) is 2.69. The summed E-state index contributed by atoms with van der Waals surface area (Å²) in [5.74, 6) is 1.95. The van der Waals surface area contributed by atoms with Crippen molar-refractivity contribution in [1.82, 2.24) is 9.97 Å². The molecule has 0 atom stereocenters. The van der Waals surface area contributed by atoms with Crippen molar-refractivity contribution in [2.24, 2.45) is 0 Å². The summed E-state index contributed by atoms with van der Waals surface area (Å²) in [7, 11) is 0. The first-order valence-electron chi connectivity index (χ1n) is 10.7. The zero-order valence-electron chi connectivity index (χ0n) is 18.2. The van der Waals surface area contributed by atoms with Crippen LogP contribution in [0, 0.1) is 20.8 Å². The van der Waals surface area contributed by atoms with Gasteiger partial charge >= 0.3 is 0 Å². The lowest BCUT2D eigenvalue weighted by atomic mass is 10.1. The fourth-order valence-electron chi connectivity index (χ4n) is 3.95. The van der Waals surface area contributed by atoms with Gasteiger partial charge in [-0.3, -0.25) is 0 Å². The first kappa shape index (κ1) is 20.4. The van der Waals surface area contributed by atoms with Crippen molar-refractivity contribution in [3.8, 4) is 0 Å². The van der Waals surface area contributed by atoms with Gasteiger partial charge in [-0.1, -0.05) is 26.0 Å². The number of piperazine rings is 1. The van der Waals surface area contributed by atoms with Crippen LogP contribution in [-0.2, 0) is 0 Å². The van der Waals surface area contributed by atoms with E-state index in [-0.39, 0.29) is 0 Å². The summed E-state index contributed by atoms with van der Waals surface area (Å²) in [6.45, 7) is 17.0. The van der Waals surface area contributed by atoms with E-state index in [0.717, 1.165) is 69.6 Å². The molecule has 3 rings (SSSR count). The summed E-state index contributed by atoms with van der Waals surface area (Å²) in [6, 6.07) is 8.72. The van der Waals surface area contributed by atoms with Crippen LogP contribution in [0.2, 0.25) is 0 Å². The highest BCUT2D eigenvalue weighted by molar-refractivity contribution is 5.57. The van der Waals surface area contributed by atoms with Gasteiger partial charge in [-0.15, -0.1) is 0 Å². The van der Waals surface area contributed by atoms with E-state index in [1.54, 1.807) is 0 Å². The maximum Gasteiger partial charge on any atom is 0.227 e. The molecular weight excluding hydrogens is 346 g/mol. The van der Waals surface area contributed by atoms with Gasteiger partial charge in [-0.2, -0.15) is 4.98 Å². The third-order valence-corrected chi connectivity index (χ3v) is 5.62. The summed E-state index contributed by atoms with van der Waals surface area (Å²) in [5, 5.41) is 0. The molecular formula is C23H35N5. The summed E-state index contributed by atoms with van der Waals surface area (Å²) in [4.78, 5) is 16.9. The number of rotatable bonds is 7. The highest BCUT2D eigenvalue weighted by Crippen LogP contribution is 2.25. The van der Waals surface area contributed by atoms with Gasteiger partial charge in [0, 0.05) is 56.7 Å². The first-order chi connectivity index (χ1) is 13.5. The van der Waals surface area contributed by atoms with E-state index < -0.39 is 0 Å². The second-order valence-electron chi connectivity index (χ2n) is 7.85. The molecule has 1 fully saturated rings. The third kappa shape index (κ3) is 4.57. The SMILES string of the molecule is CCCN(CCC)c1cc(C)nc(N2CCN(c3cccc(C)c3C)CC2)n1. The largest absolute Gasteiger partial charge is 0.368 e. The molecule has 2 heterocycles. The van der Waals surface area contributed by atoms with Crippen LogP contribution in [-0.4, -0.2) is 49.2 Å². The van der Waals surface area contributed by atoms with E-state index in [2.05, 4.69) is 73.6 Å². The quantitative estimate of drug-likeness (QED) is 0.712. The van der Waals surface area contributed by atoms with Gasteiger partial charge in [0.25, 0.3) is 0 Å². The van der Waals surface area contributed by atoms with Crippen LogP contribution in [0.25, 0.3) is 0 Å². The molecule has 1 saturated heterocycles. The minimum atomic E-state index is 0.882. The Hall–Kier alpha value is -2.30. The zero-order valence-corrected chi connectivity index (χ0v) is 18.2. The summed E-state index contributed by atoms with van der Waals surface area (Å²) >= 11 is 0. The Morgan fingerprint density at radius 2 is 1.54 bits per heavy atom. The van der Waals surface area contributed by atoms with Crippen molar-refractivity contribution >= 4 is 17.5 Å². The second-order valence-corrected chi connectivity index (χ2v) is 7.85. The van der Waals surface area contributed by atoms with Gasteiger partial charge in [0.05, 0.1) is 0 Å². The van der Waals surface area contributed by atoms with Crippen LogP contribution in [0.4, 0.5) is 17.5 Å². The predicted octanol–water partition coefficient (Wildman–Crippen LogP) is 4.35. The van der Waals surface area contributed by atoms with Crippen LogP contribution in [0.1, 0.15) is 43.5 Å². The molecule has 0 amide bonds. The summed E-state index contributed by atoms with van der Waals surface area (Å²) < 4.78 is 0. The lowest BCUT2D eigenvalue weighted by Gasteiger charge is -2.37. The van der Waals surface area contributed by atoms with Crippen LogP contribution in [0.3, 0.4) is 0 Å². The van der Waals surface area contributed by atoms with E-state index in [0.29, 0.717) is 0 Å². The van der Waals surface area contributed by atoms with Crippen molar-refractivity contribution in [2.45, 2.75) is 47.5 Å². The summed E-state index contributed by atoms with van der Waals surface area (Å²) in [6.07, 6.45) is 2.26. The molecule has 0 N–H and O–H groups in total. The molecule has 5 nitrogen and oxygen atoms in total. The van der Waals surface area contributed by atoms with Gasteiger partial charge in [0.15, 0.2) is 0 Å². The fraction of sp³-hybridized carbons (Fsp3) is 0.565. The molecule has 0 saturated carbocycles. The normalized spacial score (nSPS) is 14.5. The van der Waals surface area contributed by atoms with Gasteiger partial charge < -0.3 is 14.7 Å². The number of anilines is 3. The molecule has 1 aliphatic rings. The molecule has 0 radical (unpaired) electrons. The second kappa shape index (κ2) is 9.26. The molecule has 152 valence electrons. The van der Waals surface area contributed by atoms with Crippen LogP contribution >= 0.6 is 0 Å². The van der Waals surface area contributed by atoms with Crippen LogP contribution in [0.5, 0.6) is 0 Å². The molecule has 0 spiro atoms. The first-order valence-corrected chi connectivity index (χ1v) is 10.7. The molecule has 28 heavy (non-hydrogen) atoms. The van der Waals surface area contributed by atoms with Crippen molar-refractivity contribution in [3.05, 3.63) is 41.1 Å². The van der Waals surface area contributed by atoms with Gasteiger partial charge in [0.1, 0.15) is 5.82 Å². The van der Waals surface area contributed by atoms with E-state index in [4.69, 9.17) is 9.97 Å². The summed E-state index contributed by atoms with van der Waals surface area (Å²) in [5.41, 5.74) is 5.16. The third-order valence-electron chi connectivity index (χ3n) is 5.62. The standard InChI is InChI=1S/C23H35N5/c1-6-11-27(12-7-2)22-17-19(4)24-23(25-22)28-15-13-26(14-16-28)21-10-8-9-18(3)20(21)5/h8-10,17H,6-7,11-16H2,1-5H3. The predicted molar refractivity (Wildman–Crippen MR) is 120 cm³/mol. The molecule has 0 aliphatic carbocycles. The molecule has 0 bridgehead atoms. The lowest BCUT2D eigenvalue weighted by molar-refractivity contribution is 0.636. The molecule has 0 unspecified atom stereocenters. The monoisotopic (exact) mass is 381 g/mol. The zero-order chi connectivity index (χ0) is 20.1. The molecule has 1 aromatic carbocycles. The van der Waals surface area contributed by atoms with E-state index in [1.807, 2.05) is 0 Å². The van der Waals surface area contributed by atoms with E-state index in [9.17, 15) is 0 Å². The molecule has 2 aromatic rings. The Morgan fingerprint density at radius 1 is 0.893 bits per heavy atom. The molecule has 1 aromatic heterocycles. The highest BCUT2D eigenvalue weighted by atomic mass is 15.3. The number of benzene rings is 1. The van der Waals surface area contributed by atoms with Gasteiger partial charge in [-0.05, 0) is 50.8 Å². The number of aryl methyl sites for hydroxylation is 2. The maximum absolute atomic E-state index is 4.95. The van der Waals surface area contributed by atoms with Gasteiger partial charge in [-0.25, -0.2) is 4.98 Å². The number of hydrogen-bond donors (Lipinski definition) is 0. The minimum Gasteiger partial charge on any atom is -0.368 e. The number of hydrogen-bond acceptors (Lipinski definition) is 5. The van der Waals surface area contributed by atoms with Crippen LogP contribution in [0.15, 0.2) is 24.3 Å². The fourth-order valence-corrected chi connectivity index (χ4v) is 3.95. The lowest BCUT2D eigenvalue weighted by Crippen LogP contribution is -2.47. The van der Waals surface area contributed by atoms with E-state index in [1.165, 1.54) is 16.8 Å². The van der Waals surface area contributed by atoms with Crippen molar-refractivity contribution < 1.29 is 0 Å². The number of aromatic nitrogens is 2. The average molecular weight is 382 g/mol. The maximum atomic E-state index is 4.95. The Morgan fingerprint density at radius 3 is 2.18 bits per heavy atom. The topological polar surface area (TPSA) is 35.5 Å². The van der Waals surface area contributed by atoms with Crippen molar-refractivity contribution in [3.63, 3.8) is 0 Å². The minimum absolute atomic E-state index is 0.882. The molecule has 1 aliphatic heterocycles. The Bertz CT molecular complexity index is 775. The van der Waals surface area contributed by atoms with Crippen LogP contribution < -0.4 is 14.7 Å². The Balaban J connectivity index is 1.74. The number of nitrogens with zero attached hydrogens (tertiary/aromatic N) is 5. The van der Waals surface area contributed by atoms with Crippen molar-refractivity contribution in [1.29, 1.82) is 0 Å².